The predicted octanol–water partition coefficient (Wildman–Crippen LogP) is 5.16. The van der Waals surface area contributed by atoms with E-state index in [9.17, 15) is 13.2 Å². The van der Waals surface area contributed by atoms with Gasteiger partial charge >= 0.3 is 6.18 Å². The predicted molar refractivity (Wildman–Crippen MR) is 125 cm³/mol. The smallest absolute Gasteiger partial charge is 0.368 e. The second kappa shape index (κ2) is 8.17. The standard InChI is InChI=1S/C25H28F3N5/c1-15-17(5-4-6-23(15)25(26,27)28)12-29-24-22-11-18(9-10-21(22)16(2)30-31-24)33-13-19-7-8-20(14-33)32(19)3/h4-6,9-11,19-20H,7-8,12-14H2,1-3H3,(H,29,31). The molecule has 0 radical (unpaired) electrons. The van der Waals surface area contributed by atoms with Crippen molar-refractivity contribution in [3.63, 3.8) is 0 Å². The molecule has 3 aromatic rings. The third kappa shape index (κ3) is 4.01. The first kappa shape index (κ1) is 21.9. The van der Waals surface area contributed by atoms with Crippen molar-refractivity contribution in [1.29, 1.82) is 0 Å². The maximum absolute atomic E-state index is 13.3. The zero-order valence-electron chi connectivity index (χ0n) is 19.1. The molecule has 2 atom stereocenters. The fourth-order valence-corrected chi connectivity index (χ4v) is 5.29. The van der Waals surface area contributed by atoms with Crippen LogP contribution in [0.5, 0.6) is 0 Å². The Kier molecular flexibility index (Phi) is 5.43. The summed E-state index contributed by atoms with van der Waals surface area (Å²) in [6, 6.07) is 11.8. The number of hydrogen-bond acceptors (Lipinski definition) is 5. The normalized spacial score (nSPS) is 21.1. The third-order valence-electron chi connectivity index (χ3n) is 7.36. The lowest BCUT2D eigenvalue weighted by Crippen LogP contribution is -2.52. The Morgan fingerprint density at radius 2 is 1.73 bits per heavy atom. The van der Waals surface area contributed by atoms with Gasteiger partial charge in [0.2, 0.25) is 0 Å². The minimum absolute atomic E-state index is 0.232. The van der Waals surface area contributed by atoms with Crippen LogP contribution in [0.15, 0.2) is 36.4 Å². The van der Waals surface area contributed by atoms with E-state index >= 15 is 0 Å². The number of nitrogens with zero attached hydrogens (tertiary/aromatic N) is 4. The highest BCUT2D eigenvalue weighted by atomic mass is 19.4. The number of piperazine rings is 1. The number of hydrogen-bond donors (Lipinski definition) is 1. The van der Waals surface area contributed by atoms with Crippen LogP contribution in [0, 0.1) is 13.8 Å². The largest absolute Gasteiger partial charge is 0.416 e. The molecule has 174 valence electrons. The second-order valence-electron chi connectivity index (χ2n) is 9.26. The summed E-state index contributed by atoms with van der Waals surface area (Å²) in [5.41, 5.74) is 2.20. The third-order valence-corrected chi connectivity index (χ3v) is 7.36. The molecular weight excluding hydrogens is 427 g/mol. The number of fused-ring (bicyclic) bond motifs is 3. The Morgan fingerprint density at radius 1 is 1.00 bits per heavy atom. The van der Waals surface area contributed by atoms with Gasteiger partial charge < -0.3 is 10.2 Å². The minimum Gasteiger partial charge on any atom is -0.368 e. The van der Waals surface area contributed by atoms with E-state index in [1.165, 1.54) is 25.8 Å². The number of anilines is 2. The van der Waals surface area contributed by atoms with Gasteiger partial charge in [0, 0.05) is 48.2 Å². The Morgan fingerprint density at radius 3 is 2.42 bits per heavy atom. The number of aryl methyl sites for hydroxylation is 1. The summed E-state index contributed by atoms with van der Waals surface area (Å²) in [7, 11) is 2.22. The minimum atomic E-state index is -4.37. The van der Waals surface area contributed by atoms with Gasteiger partial charge in [-0.1, -0.05) is 18.2 Å². The van der Waals surface area contributed by atoms with E-state index in [1.807, 2.05) is 6.92 Å². The van der Waals surface area contributed by atoms with E-state index in [-0.39, 0.29) is 12.1 Å². The Balaban J connectivity index is 1.44. The molecule has 2 unspecified atom stereocenters. The van der Waals surface area contributed by atoms with Crippen molar-refractivity contribution in [1.82, 2.24) is 15.1 Å². The number of likely N-dealkylation sites (N-methyl/N-ethyl adjacent to an activating group) is 1. The molecule has 2 saturated heterocycles. The van der Waals surface area contributed by atoms with Gasteiger partial charge in [-0.2, -0.15) is 18.3 Å². The number of benzene rings is 2. The van der Waals surface area contributed by atoms with Crippen molar-refractivity contribution in [3.05, 3.63) is 58.8 Å². The SMILES string of the molecule is Cc1c(CNc2nnc(C)c3ccc(N4CC5CCC(C4)N5C)cc23)cccc1C(F)(F)F. The van der Waals surface area contributed by atoms with Crippen LogP contribution in [0.1, 0.15) is 35.2 Å². The first-order chi connectivity index (χ1) is 15.7. The van der Waals surface area contributed by atoms with Gasteiger partial charge in [0.1, 0.15) is 0 Å². The molecule has 0 saturated carbocycles. The average Bonchev–Trinajstić information content (AvgIpc) is 2.98. The van der Waals surface area contributed by atoms with E-state index in [0.29, 0.717) is 23.5 Å². The summed E-state index contributed by atoms with van der Waals surface area (Å²) in [4.78, 5) is 4.94. The van der Waals surface area contributed by atoms with E-state index in [1.54, 1.807) is 6.07 Å². The lowest BCUT2D eigenvalue weighted by molar-refractivity contribution is -0.138. The Bertz CT molecular complexity index is 1180. The van der Waals surface area contributed by atoms with E-state index in [4.69, 9.17) is 0 Å². The number of rotatable bonds is 4. The summed E-state index contributed by atoms with van der Waals surface area (Å²) >= 11 is 0. The second-order valence-corrected chi connectivity index (χ2v) is 9.26. The fraction of sp³-hybridized carbons (Fsp3) is 0.440. The van der Waals surface area contributed by atoms with Crippen LogP contribution in [0.4, 0.5) is 24.7 Å². The Labute approximate surface area is 191 Å². The first-order valence-corrected chi connectivity index (χ1v) is 11.4. The number of aromatic nitrogens is 2. The highest BCUT2D eigenvalue weighted by Gasteiger charge is 2.37. The topological polar surface area (TPSA) is 44.3 Å². The van der Waals surface area contributed by atoms with Crippen LogP contribution in [0.25, 0.3) is 10.8 Å². The zero-order chi connectivity index (χ0) is 23.3. The van der Waals surface area contributed by atoms with Crippen molar-refractivity contribution < 1.29 is 13.2 Å². The van der Waals surface area contributed by atoms with E-state index < -0.39 is 11.7 Å². The van der Waals surface area contributed by atoms with Gasteiger partial charge in [0.25, 0.3) is 0 Å². The molecule has 0 aliphatic carbocycles. The number of nitrogens with one attached hydrogen (secondary N) is 1. The van der Waals surface area contributed by atoms with Crippen LogP contribution in [-0.4, -0.2) is 47.3 Å². The molecule has 1 aromatic heterocycles. The van der Waals surface area contributed by atoms with Crippen molar-refractivity contribution in [3.8, 4) is 0 Å². The van der Waals surface area contributed by atoms with Crippen molar-refractivity contribution in [2.75, 3.05) is 30.4 Å². The molecule has 5 rings (SSSR count). The molecule has 2 fully saturated rings. The molecular formula is C25H28F3N5. The van der Waals surface area contributed by atoms with Crippen molar-refractivity contribution in [2.45, 2.75) is 51.5 Å². The van der Waals surface area contributed by atoms with Crippen LogP contribution >= 0.6 is 0 Å². The van der Waals surface area contributed by atoms with Crippen molar-refractivity contribution in [2.24, 2.45) is 0 Å². The Hall–Kier alpha value is -2.87. The lowest BCUT2D eigenvalue weighted by atomic mass is 10.0. The summed E-state index contributed by atoms with van der Waals surface area (Å²) in [5, 5.41) is 13.8. The highest BCUT2D eigenvalue weighted by Crippen LogP contribution is 2.35. The fourth-order valence-electron chi connectivity index (χ4n) is 5.29. The van der Waals surface area contributed by atoms with E-state index in [2.05, 4.69) is 50.6 Å². The van der Waals surface area contributed by atoms with Crippen LogP contribution in [-0.2, 0) is 12.7 Å². The van der Waals surface area contributed by atoms with Crippen molar-refractivity contribution >= 4 is 22.3 Å². The average molecular weight is 456 g/mol. The van der Waals surface area contributed by atoms with Gasteiger partial charge in [-0.25, -0.2) is 0 Å². The molecule has 0 spiro atoms. The van der Waals surface area contributed by atoms with Crippen LogP contribution < -0.4 is 10.2 Å². The van der Waals surface area contributed by atoms with Crippen LogP contribution in [0.3, 0.4) is 0 Å². The van der Waals surface area contributed by atoms with Gasteiger partial charge in [-0.15, -0.1) is 5.10 Å². The summed E-state index contributed by atoms with van der Waals surface area (Å²) in [5.74, 6) is 0.589. The monoisotopic (exact) mass is 455 g/mol. The molecule has 2 aliphatic heterocycles. The molecule has 2 aliphatic rings. The number of alkyl halides is 3. The molecule has 33 heavy (non-hydrogen) atoms. The molecule has 5 nitrogen and oxygen atoms in total. The molecule has 1 N–H and O–H groups in total. The van der Waals surface area contributed by atoms with Crippen LogP contribution in [0.2, 0.25) is 0 Å². The maximum atomic E-state index is 13.3. The van der Waals surface area contributed by atoms with Gasteiger partial charge in [-0.05, 0) is 63.1 Å². The van der Waals surface area contributed by atoms with Gasteiger partial charge in [-0.3, -0.25) is 4.90 Å². The summed E-state index contributed by atoms with van der Waals surface area (Å²) < 4.78 is 39.9. The highest BCUT2D eigenvalue weighted by molar-refractivity contribution is 5.95. The molecule has 2 aromatic carbocycles. The quantitative estimate of drug-likeness (QED) is 0.589. The first-order valence-electron chi connectivity index (χ1n) is 11.4. The molecule has 3 heterocycles. The zero-order valence-corrected chi connectivity index (χ0v) is 19.1. The molecule has 0 amide bonds. The summed E-state index contributed by atoms with van der Waals surface area (Å²) in [6.45, 7) is 5.68. The van der Waals surface area contributed by atoms with Gasteiger partial charge in [0.15, 0.2) is 5.82 Å². The number of halogens is 3. The lowest BCUT2D eigenvalue weighted by Gasteiger charge is -2.40. The van der Waals surface area contributed by atoms with E-state index in [0.717, 1.165) is 41.3 Å². The molecule has 2 bridgehead atoms. The molecule has 8 heteroatoms. The summed E-state index contributed by atoms with van der Waals surface area (Å²) in [6.07, 6.45) is -1.90. The van der Waals surface area contributed by atoms with Gasteiger partial charge in [0.05, 0.1) is 11.3 Å². The maximum Gasteiger partial charge on any atom is 0.416 e.